The van der Waals surface area contributed by atoms with Crippen molar-refractivity contribution in [2.75, 3.05) is 7.11 Å². The first kappa shape index (κ1) is 10.3. The van der Waals surface area contributed by atoms with Crippen molar-refractivity contribution in [2.24, 2.45) is 0 Å². The molecule has 0 aliphatic carbocycles. The molecule has 0 bridgehead atoms. The van der Waals surface area contributed by atoms with E-state index in [1.54, 1.807) is 11.3 Å². The van der Waals surface area contributed by atoms with Crippen molar-refractivity contribution >= 4 is 22.9 Å². The Morgan fingerprint density at radius 3 is 2.73 bits per heavy atom. The van der Waals surface area contributed by atoms with Gasteiger partial charge in [0.1, 0.15) is 0 Å². The Kier molecular flexibility index (Phi) is 2.83. The van der Waals surface area contributed by atoms with Crippen LogP contribution in [0.2, 0.25) is 5.28 Å². The van der Waals surface area contributed by atoms with Gasteiger partial charge in [-0.2, -0.15) is 15.0 Å². The van der Waals surface area contributed by atoms with Crippen molar-refractivity contribution in [1.82, 2.24) is 15.0 Å². The third kappa shape index (κ3) is 2.08. The van der Waals surface area contributed by atoms with Crippen LogP contribution in [0.4, 0.5) is 0 Å². The fourth-order valence-corrected chi connectivity index (χ4v) is 2.14. The van der Waals surface area contributed by atoms with Crippen LogP contribution < -0.4 is 4.74 Å². The zero-order valence-corrected chi connectivity index (χ0v) is 9.76. The fraction of sp³-hybridized carbons (Fsp3) is 0.222. The van der Waals surface area contributed by atoms with Gasteiger partial charge in [-0.15, -0.1) is 11.3 Å². The molecule has 78 valence electrons. The average Bonchev–Trinajstić information content (AvgIpc) is 2.63. The van der Waals surface area contributed by atoms with Crippen molar-refractivity contribution in [3.05, 3.63) is 22.3 Å². The number of thiophene rings is 1. The van der Waals surface area contributed by atoms with Gasteiger partial charge in [-0.25, -0.2) is 0 Å². The number of rotatable bonds is 2. The maximum atomic E-state index is 5.76. The van der Waals surface area contributed by atoms with Crippen LogP contribution in [0, 0.1) is 6.92 Å². The van der Waals surface area contributed by atoms with Gasteiger partial charge in [-0.05, 0) is 35.5 Å². The van der Waals surface area contributed by atoms with E-state index < -0.39 is 0 Å². The van der Waals surface area contributed by atoms with Crippen molar-refractivity contribution in [3.8, 4) is 16.7 Å². The molecular weight excluding hydrogens is 234 g/mol. The van der Waals surface area contributed by atoms with Gasteiger partial charge in [-0.3, -0.25) is 0 Å². The minimum absolute atomic E-state index is 0.143. The summed E-state index contributed by atoms with van der Waals surface area (Å²) < 4.78 is 4.93. The number of hydrogen-bond donors (Lipinski definition) is 0. The maximum absolute atomic E-state index is 5.76. The van der Waals surface area contributed by atoms with Crippen molar-refractivity contribution in [2.45, 2.75) is 6.92 Å². The summed E-state index contributed by atoms with van der Waals surface area (Å²) in [6, 6.07) is 2.24. The van der Waals surface area contributed by atoms with E-state index in [9.17, 15) is 0 Å². The zero-order valence-electron chi connectivity index (χ0n) is 8.19. The maximum Gasteiger partial charge on any atom is 0.321 e. The average molecular weight is 242 g/mol. The van der Waals surface area contributed by atoms with Gasteiger partial charge >= 0.3 is 6.01 Å². The van der Waals surface area contributed by atoms with Gasteiger partial charge in [0, 0.05) is 0 Å². The van der Waals surface area contributed by atoms with Crippen LogP contribution in [0.3, 0.4) is 0 Å². The Bertz CT molecular complexity index is 486. The van der Waals surface area contributed by atoms with E-state index in [-0.39, 0.29) is 11.3 Å². The van der Waals surface area contributed by atoms with Gasteiger partial charge in [0.05, 0.1) is 12.0 Å². The van der Waals surface area contributed by atoms with Gasteiger partial charge in [0.2, 0.25) is 5.28 Å². The van der Waals surface area contributed by atoms with Crippen LogP contribution in [-0.4, -0.2) is 22.1 Å². The number of ether oxygens (including phenoxy) is 1. The fourth-order valence-electron chi connectivity index (χ4n) is 1.13. The molecule has 0 saturated carbocycles. The Labute approximate surface area is 95.9 Å². The van der Waals surface area contributed by atoms with E-state index in [1.807, 2.05) is 18.4 Å². The summed E-state index contributed by atoms with van der Waals surface area (Å²) in [5, 5.41) is 2.12. The zero-order chi connectivity index (χ0) is 10.8. The molecule has 6 heteroatoms. The molecule has 0 N–H and O–H groups in total. The van der Waals surface area contributed by atoms with Crippen LogP contribution >= 0.6 is 22.9 Å². The molecule has 0 aliphatic heterocycles. The molecule has 2 rings (SSSR count). The molecule has 0 radical (unpaired) electrons. The minimum Gasteiger partial charge on any atom is -0.467 e. The molecule has 0 unspecified atom stereocenters. The van der Waals surface area contributed by atoms with Gasteiger partial charge in [0.25, 0.3) is 0 Å². The van der Waals surface area contributed by atoms with E-state index in [4.69, 9.17) is 16.3 Å². The van der Waals surface area contributed by atoms with E-state index in [0.29, 0.717) is 5.82 Å². The summed E-state index contributed by atoms with van der Waals surface area (Å²) in [6.45, 7) is 2.00. The van der Waals surface area contributed by atoms with E-state index >= 15 is 0 Å². The first-order chi connectivity index (χ1) is 7.20. The Balaban J connectivity index is 2.53. The largest absolute Gasteiger partial charge is 0.467 e. The number of methoxy groups -OCH3 is 1. The minimum atomic E-state index is 0.143. The van der Waals surface area contributed by atoms with Crippen molar-refractivity contribution in [3.63, 3.8) is 0 Å². The highest BCUT2D eigenvalue weighted by molar-refractivity contribution is 7.13. The third-order valence-corrected chi connectivity index (χ3v) is 3.02. The van der Waals surface area contributed by atoms with Gasteiger partial charge in [0.15, 0.2) is 5.82 Å². The van der Waals surface area contributed by atoms with Crippen LogP contribution in [0.1, 0.15) is 5.56 Å². The molecule has 0 saturated heterocycles. The second kappa shape index (κ2) is 4.12. The molecule has 0 aromatic carbocycles. The van der Waals surface area contributed by atoms with Gasteiger partial charge < -0.3 is 4.74 Å². The van der Waals surface area contributed by atoms with Crippen LogP contribution in [0.5, 0.6) is 6.01 Å². The quantitative estimate of drug-likeness (QED) is 0.811. The number of aromatic nitrogens is 3. The number of halogens is 1. The first-order valence-electron chi connectivity index (χ1n) is 4.20. The topological polar surface area (TPSA) is 47.9 Å². The highest BCUT2D eigenvalue weighted by Gasteiger charge is 2.10. The summed E-state index contributed by atoms with van der Waals surface area (Å²) >= 11 is 7.32. The lowest BCUT2D eigenvalue weighted by Crippen LogP contribution is -1.97. The van der Waals surface area contributed by atoms with E-state index in [2.05, 4.69) is 15.0 Å². The predicted molar refractivity (Wildman–Crippen MR) is 59.4 cm³/mol. The van der Waals surface area contributed by atoms with Crippen LogP contribution in [-0.2, 0) is 0 Å². The molecular formula is C9H8ClN3OS. The first-order valence-corrected chi connectivity index (χ1v) is 5.46. The summed E-state index contributed by atoms with van der Waals surface area (Å²) in [5.74, 6) is 0.555. The molecule has 0 spiro atoms. The highest BCUT2D eigenvalue weighted by Crippen LogP contribution is 2.27. The van der Waals surface area contributed by atoms with E-state index in [1.165, 1.54) is 7.11 Å². The molecule has 2 heterocycles. The smallest absolute Gasteiger partial charge is 0.321 e. The van der Waals surface area contributed by atoms with Crippen molar-refractivity contribution in [1.29, 1.82) is 0 Å². The van der Waals surface area contributed by atoms with Crippen LogP contribution in [0.25, 0.3) is 10.7 Å². The number of nitrogens with zero attached hydrogens (tertiary/aromatic N) is 3. The molecule has 4 nitrogen and oxygen atoms in total. The standard InChI is InChI=1S/C9H8ClN3OS/c1-5-3-4-15-6(5)7-11-8(10)13-9(12-7)14-2/h3-4H,1-2H3. The molecule has 2 aromatic heterocycles. The predicted octanol–water partition coefficient (Wildman–Crippen LogP) is 2.57. The molecule has 0 aliphatic rings. The Morgan fingerprint density at radius 2 is 2.13 bits per heavy atom. The summed E-state index contributed by atoms with van der Waals surface area (Å²) in [5.41, 5.74) is 1.12. The molecule has 0 amide bonds. The monoisotopic (exact) mass is 241 g/mol. The lowest BCUT2D eigenvalue weighted by atomic mass is 10.3. The Morgan fingerprint density at radius 1 is 1.33 bits per heavy atom. The second-order valence-corrected chi connectivity index (χ2v) is 4.10. The lowest BCUT2D eigenvalue weighted by Gasteiger charge is -2.01. The SMILES string of the molecule is COc1nc(Cl)nc(-c2sccc2C)n1. The van der Waals surface area contributed by atoms with Gasteiger partial charge in [-0.1, -0.05) is 0 Å². The van der Waals surface area contributed by atoms with Crippen molar-refractivity contribution < 1.29 is 4.74 Å². The molecule has 15 heavy (non-hydrogen) atoms. The molecule has 2 aromatic rings. The highest BCUT2D eigenvalue weighted by atomic mass is 35.5. The summed E-state index contributed by atoms with van der Waals surface area (Å²) in [4.78, 5) is 13.0. The third-order valence-electron chi connectivity index (χ3n) is 1.84. The number of hydrogen-bond acceptors (Lipinski definition) is 5. The normalized spacial score (nSPS) is 10.3. The summed E-state index contributed by atoms with van der Waals surface area (Å²) in [7, 11) is 1.50. The molecule has 0 fully saturated rings. The van der Waals surface area contributed by atoms with E-state index in [0.717, 1.165) is 10.4 Å². The summed E-state index contributed by atoms with van der Waals surface area (Å²) in [6.07, 6.45) is 0. The Hall–Kier alpha value is -1.20. The lowest BCUT2D eigenvalue weighted by molar-refractivity contribution is 0.379. The second-order valence-electron chi connectivity index (χ2n) is 2.85. The molecule has 0 atom stereocenters. The number of aryl methyl sites for hydroxylation is 1. The van der Waals surface area contributed by atoms with Crippen LogP contribution in [0.15, 0.2) is 11.4 Å².